The van der Waals surface area contributed by atoms with E-state index in [1.54, 1.807) is 0 Å². The Kier molecular flexibility index (Phi) is 3.10. The van der Waals surface area contributed by atoms with Gasteiger partial charge in [0.1, 0.15) is 4.90 Å². The van der Waals surface area contributed by atoms with Gasteiger partial charge in [0.15, 0.2) is 0 Å². The van der Waals surface area contributed by atoms with E-state index in [0.29, 0.717) is 3.57 Å². The summed E-state index contributed by atoms with van der Waals surface area (Å²) >= 11 is 1.91. The van der Waals surface area contributed by atoms with Crippen molar-refractivity contribution in [3.05, 3.63) is 27.3 Å². The zero-order valence-corrected chi connectivity index (χ0v) is 11.2. The molecule has 1 aliphatic rings. The van der Waals surface area contributed by atoms with Crippen LogP contribution in [0.15, 0.2) is 23.1 Å². The van der Waals surface area contributed by atoms with Gasteiger partial charge in [-0.05, 0) is 40.8 Å². The average molecular weight is 373 g/mol. The topological polar surface area (TPSA) is 54.5 Å². The first-order valence-electron chi connectivity index (χ1n) is 4.49. The van der Waals surface area contributed by atoms with Crippen molar-refractivity contribution < 1.29 is 22.0 Å². The molecule has 0 aliphatic carbocycles. The molecular weight excluding hydrogens is 367 g/mol. The molecule has 4 nitrogen and oxygen atoms in total. The second kappa shape index (κ2) is 4.16. The maximum atomic E-state index is 12.2. The van der Waals surface area contributed by atoms with Crippen molar-refractivity contribution in [1.29, 1.82) is 0 Å². The molecule has 0 saturated carbocycles. The van der Waals surface area contributed by atoms with Gasteiger partial charge in [0.25, 0.3) is 22.4 Å². The Labute approximate surface area is 110 Å². The summed E-state index contributed by atoms with van der Waals surface area (Å²) in [5.41, 5.74) is -0.0439. The van der Waals surface area contributed by atoms with E-state index >= 15 is 0 Å². The first-order valence-corrected chi connectivity index (χ1v) is 7.00. The summed E-state index contributed by atoms with van der Waals surface area (Å²) in [5.74, 6) is -0.890. The first kappa shape index (κ1) is 12.7. The standard InChI is InChI=1S/C9H6F2INO3S/c10-8(11)4-13-9(14)6-3-5(12)1-2-7(6)17(13,15)16/h1-3,8H,4H2. The molecule has 0 atom stereocenters. The number of hydrogen-bond acceptors (Lipinski definition) is 3. The molecule has 17 heavy (non-hydrogen) atoms. The summed E-state index contributed by atoms with van der Waals surface area (Å²) in [5, 5.41) is 0. The van der Waals surface area contributed by atoms with Gasteiger partial charge < -0.3 is 0 Å². The molecule has 1 aromatic rings. The molecule has 0 radical (unpaired) electrons. The smallest absolute Gasteiger partial charge is 0.268 e. The van der Waals surface area contributed by atoms with Crippen LogP contribution in [0.3, 0.4) is 0 Å². The average Bonchev–Trinajstić information content (AvgIpc) is 2.39. The first-order chi connectivity index (χ1) is 7.84. The molecule has 1 aliphatic heterocycles. The fourth-order valence-electron chi connectivity index (χ4n) is 1.56. The predicted molar refractivity (Wildman–Crippen MR) is 63.4 cm³/mol. The maximum absolute atomic E-state index is 12.2. The van der Waals surface area contributed by atoms with Crippen molar-refractivity contribution in [3.8, 4) is 0 Å². The number of halogens is 3. The predicted octanol–water partition coefficient (Wildman–Crippen LogP) is 1.70. The summed E-state index contributed by atoms with van der Waals surface area (Å²) in [4.78, 5) is 11.5. The minimum Gasteiger partial charge on any atom is -0.268 e. The van der Waals surface area contributed by atoms with Gasteiger partial charge >= 0.3 is 0 Å². The van der Waals surface area contributed by atoms with Crippen molar-refractivity contribution in [2.45, 2.75) is 11.3 Å². The number of rotatable bonds is 2. The van der Waals surface area contributed by atoms with E-state index in [0.717, 1.165) is 0 Å². The van der Waals surface area contributed by atoms with Crippen LogP contribution in [0.4, 0.5) is 8.78 Å². The number of hydrogen-bond donors (Lipinski definition) is 0. The van der Waals surface area contributed by atoms with Gasteiger partial charge in [-0.1, -0.05) is 0 Å². The van der Waals surface area contributed by atoms with Crippen LogP contribution in [0.2, 0.25) is 0 Å². The third-order valence-corrected chi connectivity index (χ3v) is 4.75. The van der Waals surface area contributed by atoms with Gasteiger partial charge in [0.05, 0.1) is 12.1 Å². The van der Waals surface area contributed by atoms with Crippen LogP contribution in [0, 0.1) is 3.57 Å². The van der Waals surface area contributed by atoms with Gasteiger partial charge in [-0.3, -0.25) is 4.79 Å². The normalized spacial score (nSPS) is 17.6. The molecule has 1 heterocycles. The molecule has 0 unspecified atom stereocenters. The molecule has 1 amide bonds. The number of amides is 1. The van der Waals surface area contributed by atoms with Crippen LogP contribution in [-0.2, 0) is 10.0 Å². The Bertz CT molecular complexity index is 588. The summed E-state index contributed by atoms with van der Waals surface area (Å²) in [6.45, 7) is -1.10. The Balaban J connectivity index is 2.56. The molecule has 0 saturated heterocycles. The third-order valence-electron chi connectivity index (χ3n) is 2.27. The minimum absolute atomic E-state index is 0.0439. The molecule has 0 bridgehead atoms. The van der Waals surface area contributed by atoms with E-state index in [2.05, 4.69) is 0 Å². The van der Waals surface area contributed by atoms with Crippen LogP contribution in [-0.4, -0.2) is 31.6 Å². The van der Waals surface area contributed by atoms with E-state index in [1.165, 1.54) is 18.2 Å². The van der Waals surface area contributed by atoms with E-state index in [-0.39, 0.29) is 14.8 Å². The SMILES string of the molecule is O=C1c2cc(I)ccc2S(=O)(=O)N1CC(F)F. The second-order valence-electron chi connectivity index (χ2n) is 3.37. The van der Waals surface area contributed by atoms with Crippen LogP contribution >= 0.6 is 22.6 Å². The number of benzene rings is 1. The van der Waals surface area contributed by atoms with Gasteiger partial charge in [-0.2, -0.15) is 0 Å². The summed E-state index contributed by atoms with van der Waals surface area (Å²) in [6, 6.07) is 4.15. The molecule has 92 valence electrons. The largest absolute Gasteiger partial charge is 0.269 e. The molecule has 1 aromatic carbocycles. The van der Waals surface area contributed by atoms with Crippen LogP contribution < -0.4 is 0 Å². The molecule has 8 heteroatoms. The lowest BCUT2D eigenvalue weighted by molar-refractivity contribution is 0.0746. The zero-order chi connectivity index (χ0) is 12.8. The van der Waals surface area contributed by atoms with Crippen LogP contribution in [0.25, 0.3) is 0 Å². The number of nitrogens with zero attached hydrogens (tertiary/aromatic N) is 1. The summed E-state index contributed by atoms with van der Waals surface area (Å²) in [7, 11) is -4.11. The van der Waals surface area contributed by atoms with Crippen molar-refractivity contribution in [2.24, 2.45) is 0 Å². The lowest BCUT2D eigenvalue weighted by Crippen LogP contribution is -2.34. The Morgan fingerprint density at radius 1 is 1.35 bits per heavy atom. The highest BCUT2D eigenvalue weighted by molar-refractivity contribution is 14.1. The minimum atomic E-state index is -4.11. The van der Waals surface area contributed by atoms with E-state index in [9.17, 15) is 22.0 Å². The van der Waals surface area contributed by atoms with E-state index < -0.39 is 28.9 Å². The quantitative estimate of drug-likeness (QED) is 0.742. The van der Waals surface area contributed by atoms with Crippen LogP contribution in [0.5, 0.6) is 0 Å². The molecule has 0 fully saturated rings. The fraction of sp³-hybridized carbons (Fsp3) is 0.222. The molecule has 0 spiro atoms. The number of carbonyl (C=O) groups is 1. The number of alkyl halides is 2. The highest BCUT2D eigenvalue weighted by Crippen LogP contribution is 2.31. The van der Waals surface area contributed by atoms with Crippen molar-refractivity contribution in [2.75, 3.05) is 6.54 Å². The Hall–Kier alpha value is -0.770. The zero-order valence-electron chi connectivity index (χ0n) is 8.23. The lowest BCUT2D eigenvalue weighted by Gasteiger charge is -2.13. The van der Waals surface area contributed by atoms with E-state index in [4.69, 9.17) is 0 Å². The number of fused-ring (bicyclic) bond motifs is 1. The number of sulfonamides is 1. The van der Waals surface area contributed by atoms with Gasteiger partial charge in [-0.25, -0.2) is 21.5 Å². The monoisotopic (exact) mass is 373 g/mol. The Morgan fingerprint density at radius 2 is 2.00 bits per heavy atom. The molecule has 0 aromatic heterocycles. The molecule has 0 N–H and O–H groups in total. The number of carbonyl (C=O) groups excluding carboxylic acids is 1. The van der Waals surface area contributed by atoms with E-state index in [1.807, 2.05) is 22.6 Å². The maximum Gasteiger partial charge on any atom is 0.269 e. The molecule has 2 rings (SSSR count). The molecular formula is C9H6F2INO3S. The second-order valence-corrected chi connectivity index (χ2v) is 6.45. The highest BCUT2D eigenvalue weighted by Gasteiger charge is 2.42. The Morgan fingerprint density at radius 3 is 2.59 bits per heavy atom. The van der Waals surface area contributed by atoms with Gasteiger partial charge in [-0.15, -0.1) is 0 Å². The summed E-state index contributed by atoms with van der Waals surface area (Å²) in [6.07, 6.45) is -2.89. The van der Waals surface area contributed by atoms with Crippen molar-refractivity contribution >= 4 is 38.5 Å². The third kappa shape index (κ3) is 2.03. The highest BCUT2D eigenvalue weighted by atomic mass is 127. The van der Waals surface area contributed by atoms with Crippen LogP contribution in [0.1, 0.15) is 10.4 Å². The fourth-order valence-corrected chi connectivity index (χ4v) is 3.58. The van der Waals surface area contributed by atoms with Crippen molar-refractivity contribution in [3.63, 3.8) is 0 Å². The van der Waals surface area contributed by atoms with Crippen molar-refractivity contribution in [1.82, 2.24) is 4.31 Å². The van der Waals surface area contributed by atoms with Gasteiger partial charge in [0.2, 0.25) is 0 Å². The van der Waals surface area contributed by atoms with Gasteiger partial charge in [0, 0.05) is 3.57 Å². The lowest BCUT2D eigenvalue weighted by atomic mass is 10.2. The summed E-state index contributed by atoms with van der Waals surface area (Å²) < 4.78 is 49.0.